The second kappa shape index (κ2) is 6.08. The molecule has 2 heterocycles. The van der Waals surface area contributed by atoms with E-state index in [9.17, 15) is 14.4 Å². The van der Waals surface area contributed by atoms with E-state index in [2.05, 4.69) is 5.32 Å². The van der Waals surface area contributed by atoms with Crippen LogP contribution in [0.15, 0.2) is 24.3 Å². The lowest BCUT2D eigenvalue weighted by molar-refractivity contribution is -0.128. The van der Waals surface area contributed by atoms with Crippen molar-refractivity contribution >= 4 is 23.5 Å². The molecule has 0 spiro atoms. The molecule has 7 nitrogen and oxygen atoms in total. The van der Waals surface area contributed by atoms with Gasteiger partial charge in [0.25, 0.3) is 5.91 Å². The van der Waals surface area contributed by atoms with Gasteiger partial charge in [-0.2, -0.15) is 5.26 Å². The molecule has 7 heteroatoms. The van der Waals surface area contributed by atoms with E-state index >= 15 is 0 Å². The Hall–Kier alpha value is -2.88. The maximum atomic E-state index is 12.3. The van der Waals surface area contributed by atoms with Crippen LogP contribution < -0.4 is 5.32 Å². The molecule has 0 saturated carbocycles. The third kappa shape index (κ3) is 2.88. The van der Waals surface area contributed by atoms with E-state index in [1.165, 1.54) is 4.90 Å². The van der Waals surface area contributed by atoms with Gasteiger partial charge in [0.05, 0.1) is 12.6 Å². The first-order valence-corrected chi connectivity index (χ1v) is 7.48. The topological polar surface area (TPSA) is 93.5 Å². The maximum absolute atomic E-state index is 12.3. The van der Waals surface area contributed by atoms with E-state index in [0.29, 0.717) is 12.2 Å². The summed E-state index contributed by atoms with van der Waals surface area (Å²) < 4.78 is 0. The van der Waals surface area contributed by atoms with Crippen molar-refractivity contribution in [3.63, 3.8) is 0 Å². The highest BCUT2D eigenvalue weighted by atomic mass is 16.2. The fourth-order valence-electron chi connectivity index (χ4n) is 2.98. The fourth-order valence-corrected chi connectivity index (χ4v) is 2.98. The standard InChI is InChI=1S/C16H16N4O3/c17-8-7-14(21)18-12-5-3-11(4-6-12)10-20-15(22)13-2-1-9-19(13)16(20)23/h3-6,13H,1-2,7,9-10H2,(H,18,21). The van der Waals surface area contributed by atoms with Crippen LogP contribution in [-0.4, -0.2) is 40.2 Å². The average Bonchev–Trinajstić information content (AvgIpc) is 3.09. The number of benzene rings is 1. The summed E-state index contributed by atoms with van der Waals surface area (Å²) in [6.07, 6.45) is 1.42. The van der Waals surface area contributed by atoms with Crippen LogP contribution >= 0.6 is 0 Å². The third-order valence-corrected chi connectivity index (χ3v) is 4.10. The lowest BCUT2D eigenvalue weighted by atomic mass is 10.1. The zero-order chi connectivity index (χ0) is 16.4. The molecule has 2 aliphatic heterocycles. The Balaban J connectivity index is 1.65. The summed E-state index contributed by atoms with van der Waals surface area (Å²) in [6, 6.07) is 8.17. The second-order valence-corrected chi connectivity index (χ2v) is 5.64. The van der Waals surface area contributed by atoms with Gasteiger partial charge in [-0.15, -0.1) is 0 Å². The number of hydrogen-bond acceptors (Lipinski definition) is 4. The van der Waals surface area contributed by atoms with Crippen LogP contribution in [0.25, 0.3) is 0 Å². The predicted octanol–water partition coefficient (Wildman–Crippen LogP) is 1.47. The molecule has 1 aromatic carbocycles. The molecular formula is C16H16N4O3. The van der Waals surface area contributed by atoms with Crippen LogP contribution in [0.1, 0.15) is 24.8 Å². The van der Waals surface area contributed by atoms with Crippen LogP contribution in [0, 0.1) is 11.3 Å². The number of urea groups is 1. The molecule has 2 saturated heterocycles. The van der Waals surface area contributed by atoms with E-state index in [1.807, 2.05) is 0 Å². The molecule has 2 fully saturated rings. The van der Waals surface area contributed by atoms with Crippen molar-refractivity contribution in [1.29, 1.82) is 5.26 Å². The highest BCUT2D eigenvalue weighted by Gasteiger charge is 2.47. The highest BCUT2D eigenvalue weighted by molar-refractivity contribution is 6.04. The van der Waals surface area contributed by atoms with Crippen LogP contribution in [0.4, 0.5) is 10.5 Å². The molecule has 0 bridgehead atoms. The van der Waals surface area contributed by atoms with Gasteiger partial charge < -0.3 is 10.2 Å². The van der Waals surface area contributed by atoms with E-state index in [4.69, 9.17) is 5.26 Å². The Kier molecular flexibility index (Phi) is 3.98. The number of carbonyl (C=O) groups excluding carboxylic acids is 3. The predicted molar refractivity (Wildman–Crippen MR) is 81.0 cm³/mol. The third-order valence-electron chi connectivity index (χ3n) is 4.10. The first kappa shape index (κ1) is 15.0. The number of nitrogens with one attached hydrogen (secondary N) is 1. The summed E-state index contributed by atoms with van der Waals surface area (Å²) in [6.45, 7) is 0.882. The summed E-state index contributed by atoms with van der Waals surface area (Å²) in [5.74, 6) is -0.496. The van der Waals surface area contributed by atoms with E-state index in [0.717, 1.165) is 18.4 Å². The summed E-state index contributed by atoms with van der Waals surface area (Å²) in [4.78, 5) is 38.8. The Labute approximate surface area is 133 Å². The molecule has 0 radical (unpaired) electrons. The van der Waals surface area contributed by atoms with Crippen LogP contribution in [0.3, 0.4) is 0 Å². The second-order valence-electron chi connectivity index (χ2n) is 5.64. The molecular weight excluding hydrogens is 296 g/mol. The minimum absolute atomic E-state index is 0.126. The van der Waals surface area contributed by atoms with Gasteiger partial charge in [-0.25, -0.2) is 4.79 Å². The SMILES string of the molecule is N#CCC(=O)Nc1ccc(CN2C(=O)C3CCCN3C2=O)cc1. The molecule has 118 valence electrons. The van der Waals surface area contributed by atoms with Gasteiger partial charge in [0, 0.05) is 12.2 Å². The lowest BCUT2D eigenvalue weighted by Gasteiger charge is -2.15. The van der Waals surface area contributed by atoms with Gasteiger partial charge >= 0.3 is 6.03 Å². The van der Waals surface area contributed by atoms with Crippen molar-refractivity contribution in [3.05, 3.63) is 29.8 Å². The summed E-state index contributed by atoms with van der Waals surface area (Å²) in [7, 11) is 0. The van der Waals surface area contributed by atoms with Crippen LogP contribution in [0.5, 0.6) is 0 Å². The number of anilines is 1. The van der Waals surface area contributed by atoms with Gasteiger partial charge in [-0.1, -0.05) is 12.1 Å². The number of nitrogens with zero attached hydrogens (tertiary/aromatic N) is 3. The molecule has 0 aromatic heterocycles. The van der Waals surface area contributed by atoms with Crippen LogP contribution in [0.2, 0.25) is 0 Å². The quantitative estimate of drug-likeness (QED) is 0.852. The lowest BCUT2D eigenvalue weighted by Crippen LogP contribution is -2.32. The molecule has 1 unspecified atom stereocenters. The van der Waals surface area contributed by atoms with Gasteiger partial charge in [-0.3, -0.25) is 14.5 Å². The largest absolute Gasteiger partial charge is 0.327 e. The number of hydrogen-bond donors (Lipinski definition) is 1. The minimum atomic E-state index is -0.370. The Bertz CT molecular complexity index is 670. The van der Waals surface area contributed by atoms with E-state index < -0.39 is 0 Å². The number of amides is 4. The van der Waals surface area contributed by atoms with E-state index in [1.54, 1.807) is 35.2 Å². The zero-order valence-electron chi connectivity index (χ0n) is 12.5. The van der Waals surface area contributed by atoms with Crippen molar-refractivity contribution in [2.75, 3.05) is 11.9 Å². The van der Waals surface area contributed by atoms with Gasteiger partial charge in [0.15, 0.2) is 0 Å². The van der Waals surface area contributed by atoms with Crippen molar-refractivity contribution in [3.8, 4) is 6.07 Å². The molecule has 1 N–H and O–H groups in total. The molecule has 2 aliphatic rings. The summed E-state index contributed by atoms with van der Waals surface area (Å²) in [5, 5.41) is 11.0. The number of carbonyl (C=O) groups is 3. The number of imide groups is 1. The van der Waals surface area contributed by atoms with Crippen molar-refractivity contribution in [2.24, 2.45) is 0 Å². The summed E-state index contributed by atoms with van der Waals surface area (Å²) in [5.41, 5.74) is 1.39. The molecule has 1 aromatic rings. The first-order valence-electron chi connectivity index (χ1n) is 7.48. The van der Waals surface area contributed by atoms with Crippen molar-refractivity contribution in [1.82, 2.24) is 9.80 Å². The molecule has 0 aliphatic carbocycles. The maximum Gasteiger partial charge on any atom is 0.327 e. The summed E-state index contributed by atoms with van der Waals surface area (Å²) >= 11 is 0. The van der Waals surface area contributed by atoms with Gasteiger partial charge in [-0.05, 0) is 30.5 Å². The Morgan fingerprint density at radius 1 is 1.30 bits per heavy atom. The smallest absolute Gasteiger partial charge is 0.325 e. The molecule has 4 amide bonds. The van der Waals surface area contributed by atoms with Crippen molar-refractivity contribution < 1.29 is 14.4 Å². The minimum Gasteiger partial charge on any atom is -0.325 e. The molecule has 23 heavy (non-hydrogen) atoms. The first-order chi connectivity index (χ1) is 11.1. The van der Waals surface area contributed by atoms with E-state index in [-0.39, 0.29) is 36.9 Å². The number of nitriles is 1. The Morgan fingerprint density at radius 2 is 2.04 bits per heavy atom. The number of rotatable bonds is 4. The zero-order valence-corrected chi connectivity index (χ0v) is 12.5. The average molecular weight is 312 g/mol. The molecule has 3 rings (SSSR count). The monoisotopic (exact) mass is 312 g/mol. The van der Waals surface area contributed by atoms with Gasteiger partial charge in [0.2, 0.25) is 5.91 Å². The molecule has 1 atom stereocenters. The highest BCUT2D eigenvalue weighted by Crippen LogP contribution is 2.28. The van der Waals surface area contributed by atoms with Gasteiger partial charge in [0.1, 0.15) is 12.5 Å². The van der Waals surface area contributed by atoms with Crippen molar-refractivity contribution in [2.45, 2.75) is 31.8 Å². The fraction of sp³-hybridized carbons (Fsp3) is 0.375. The number of fused-ring (bicyclic) bond motifs is 1. The Morgan fingerprint density at radius 3 is 2.70 bits per heavy atom. The van der Waals surface area contributed by atoms with Crippen LogP contribution in [-0.2, 0) is 16.1 Å². The normalized spacial score (nSPS) is 19.7.